The van der Waals surface area contributed by atoms with Gasteiger partial charge < -0.3 is 4.52 Å². The molecular formula is C31H23ClN2O. The fourth-order valence-electron chi connectivity index (χ4n) is 5.24. The van der Waals surface area contributed by atoms with Gasteiger partial charge in [-0.25, -0.2) is 0 Å². The highest BCUT2D eigenvalue weighted by atomic mass is 35.5. The summed E-state index contributed by atoms with van der Waals surface area (Å²) in [5.41, 5.74) is 12.2. The number of benzene rings is 4. The van der Waals surface area contributed by atoms with Crippen molar-refractivity contribution >= 4 is 22.7 Å². The summed E-state index contributed by atoms with van der Waals surface area (Å²) in [4.78, 5) is 4.95. The van der Waals surface area contributed by atoms with Crippen LogP contribution in [-0.2, 0) is 0 Å². The van der Waals surface area contributed by atoms with Gasteiger partial charge in [0.15, 0.2) is 0 Å². The van der Waals surface area contributed by atoms with Crippen LogP contribution in [0.25, 0.3) is 33.7 Å². The fourth-order valence-corrected chi connectivity index (χ4v) is 5.36. The van der Waals surface area contributed by atoms with Crippen LogP contribution in [0.1, 0.15) is 39.3 Å². The molecule has 0 fully saturated rings. The summed E-state index contributed by atoms with van der Waals surface area (Å²) in [5, 5.41) is 5.12. The van der Waals surface area contributed by atoms with Crippen LogP contribution in [0.3, 0.4) is 0 Å². The quantitative estimate of drug-likeness (QED) is 0.259. The first kappa shape index (κ1) is 21.6. The molecule has 4 heteroatoms. The average Bonchev–Trinajstić information content (AvgIpc) is 3.44. The van der Waals surface area contributed by atoms with Gasteiger partial charge in [-0.2, -0.15) is 4.98 Å². The van der Waals surface area contributed by atoms with E-state index < -0.39 is 0 Å². The Hall–Kier alpha value is -3.95. The zero-order valence-corrected chi connectivity index (χ0v) is 20.5. The van der Waals surface area contributed by atoms with Crippen molar-refractivity contribution in [3.63, 3.8) is 0 Å². The van der Waals surface area contributed by atoms with E-state index in [-0.39, 0.29) is 0 Å². The number of halogens is 1. The highest BCUT2D eigenvalue weighted by Gasteiger charge is 2.29. The summed E-state index contributed by atoms with van der Waals surface area (Å²) < 4.78 is 6.00. The number of hydrogen-bond donors (Lipinski definition) is 0. The van der Waals surface area contributed by atoms with Crippen molar-refractivity contribution in [2.75, 3.05) is 0 Å². The molecule has 5 aromatic rings. The van der Waals surface area contributed by atoms with E-state index in [4.69, 9.17) is 21.1 Å². The Bertz CT molecular complexity index is 1560. The van der Waals surface area contributed by atoms with E-state index >= 15 is 0 Å². The molecule has 0 unspecified atom stereocenters. The second-order valence-corrected chi connectivity index (χ2v) is 9.48. The first-order valence-corrected chi connectivity index (χ1v) is 12.0. The molecule has 0 N–H and O–H groups in total. The second-order valence-electron chi connectivity index (χ2n) is 9.04. The maximum absolute atomic E-state index is 6.25. The zero-order valence-electron chi connectivity index (χ0n) is 19.8. The minimum Gasteiger partial charge on any atom is -0.334 e. The third-order valence-electron chi connectivity index (χ3n) is 6.61. The smallest absolute Gasteiger partial charge is 0.259 e. The van der Waals surface area contributed by atoms with E-state index in [2.05, 4.69) is 86.6 Å². The Morgan fingerprint density at radius 2 is 1.26 bits per heavy atom. The molecule has 1 aromatic heterocycles. The van der Waals surface area contributed by atoms with Crippen molar-refractivity contribution in [3.05, 3.63) is 129 Å². The minimum absolute atomic E-state index is 0.489. The van der Waals surface area contributed by atoms with Crippen molar-refractivity contribution in [2.45, 2.75) is 20.8 Å². The van der Waals surface area contributed by atoms with Gasteiger partial charge in [-0.15, -0.1) is 0 Å². The SMILES string of the molecule is Cc1cc(C)c(-c2noc(C(=C3c4ccccc4-c4ccccc43)c3ccc(Cl)cc3)n2)c(C)c1. The van der Waals surface area contributed by atoms with Crippen molar-refractivity contribution in [1.82, 2.24) is 10.1 Å². The third-order valence-corrected chi connectivity index (χ3v) is 6.86. The Morgan fingerprint density at radius 1 is 0.714 bits per heavy atom. The number of aromatic nitrogens is 2. The van der Waals surface area contributed by atoms with Crippen LogP contribution in [-0.4, -0.2) is 10.1 Å². The van der Waals surface area contributed by atoms with Crippen LogP contribution < -0.4 is 0 Å². The molecule has 0 bridgehead atoms. The lowest BCUT2D eigenvalue weighted by atomic mass is 9.93. The van der Waals surface area contributed by atoms with Gasteiger partial charge in [-0.3, -0.25) is 0 Å². The average molecular weight is 475 g/mol. The summed E-state index contributed by atoms with van der Waals surface area (Å²) in [6, 6.07) is 29.1. The normalized spacial score (nSPS) is 11.9. The van der Waals surface area contributed by atoms with Gasteiger partial charge in [0.1, 0.15) is 0 Å². The largest absolute Gasteiger partial charge is 0.334 e. The Kier molecular flexibility index (Phi) is 5.16. The van der Waals surface area contributed by atoms with Crippen molar-refractivity contribution < 1.29 is 4.52 Å². The first-order valence-electron chi connectivity index (χ1n) is 11.6. The maximum Gasteiger partial charge on any atom is 0.259 e. The lowest BCUT2D eigenvalue weighted by Gasteiger charge is -2.11. The molecule has 6 rings (SSSR count). The summed E-state index contributed by atoms with van der Waals surface area (Å²) in [6.07, 6.45) is 0. The second kappa shape index (κ2) is 8.37. The molecule has 1 heterocycles. The molecule has 4 aromatic carbocycles. The molecular weight excluding hydrogens is 452 g/mol. The van der Waals surface area contributed by atoms with E-state index in [1.165, 1.54) is 16.7 Å². The molecule has 0 amide bonds. The summed E-state index contributed by atoms with van der Waals surface area (Å²) in [6.45, 7) is 6.28. The van der Waals surface area contributed by atoms with Crippen molar-refractivity contribution in [1.29, 1.82) is 0 Å². The van der Waals surface area contributed by atoms with Gasteiger partial charge in [-0.05, 0) is 71.8 Å². The van der Waals surface area contributed by atoms with E-state index in [0.29, 0.717) is 16.7 Å². The predicted molar refractivity (Wildman–Crippen MR) is 142 cm³/mol. The number of fused-ring (bicyclic) bond motifs is 3. The molecule has 0 aliphatic heterocycles. The molecule has 1 aliphatic rings. The molecule has 3 nitrogen and oxygen atoms in total. The number of aryl methyl sites for hydroxylation is 3. The maximum atomic E-state index is 6.25. The van der Waals surface area contributed by atoms with Crippen LogP contribution >= 0.6 is 11.6 Å². The van der Waals surface area contributed by atoms with Gasteiger partial charge in [0.25, 0.3) is 5.89 Å². The van der Waals surface area contributed by atoms with Crippen molar-refractivity contribution in [2.24, 2.45) is 0 Å². The van der Waals surface area contributed by atoms with Crippen LogP contribution in [0.5, 0.6) is 0 Å². The predicted octanol–water partition coefficient (Wildman–Crippen LogP) is 8.30. The van der Waals surface area contributed by atoms with E-state index in [9.17, 15) is 0 Å². The first-order chi connectivity index (χ1) is 17.0. The number of nitrogens with zero attached hydrogens (tertiary/aromatic N) is 2. The van der Waals surface area contributed by atoms with Crippen molar-refractivity contribution in [3.8, 4) is 22.5 Å². The van der Waals surface area contributed by atoms with Gasteiger partial charge >= 0.3 is 0 Å². The highest BCUT2D eigenvalue weighted by molar-refractivity contribution is 6.30. The zero-order chi connectivity index (χ0) is 24.1. The molecule has 170 valence electrons. The van der Waals surface area contributed by atoms with Crippen LogP contribution in [0.2, 0.25) is 5.02 Å². The lowest BCUT2D eigenvalue weighted by molar-refractivity contribution is 0.409. The Morgan fingerprint density at radius 3 is 1.83 bits per heavy atom. The molecule has 0 radical (unpaired) electrons. The molecule has 0 atom stereocenters. The molecule has 0 spiro atoms. The van der Waals surface area contributed by atoms with E-state index in [1.807, 2.05) is 24.3 Å². The summed E-state index contributed by atoms with van der Waals surface area (Å²) in [7, 11) is 0. The van der Waals surface area contributed by atoms with Gasteiger partial charge in [0, 0.05) is 16.2 Å². The van der Waals surface area contributed by atoms with Crippen LogP contribution in [0.15, 0.2) is 89.5 Å². The topological polar surface area (TPSA) is 38.9 Å². The van der Waals surface area contributed by atoms with Gasteiger partial charge in [0.2, 0.25) is 5.82 Å². The lowest BCUT2D eigenvalue weighted by Crippen LogP contribution is -1.96. The fraction of sp³-hybridized carbons (Fsp3) is 0.0968. The number of rotatable bonds is 3. The van der Waals surface area contributed by atoms with Gasteiger partial charge in [0.05, 0.1) is 5.57 Å². The Labute approximate surface area is 209 Å². The minimum atomic E-state index is 0.489. The summed E-state index contributed by atoms with van der Waals surface area (Å²) in [5.74, 6) is 1.09. The molecule has 0 saturated heterocycles. The number of hydrogen-bond acceptors (Lipinski definition) is 3. The standard InChI is InChI=1S/C31H23ClN2O/c1-18-16-19(2)27(20(3)17-18)30-33-31(35-34-30)28(21-12-14-22(32)15-13-21)29-25-10-6-4-8-23(25)24-9-5-7-11-26(24)29/h4-17H,1-3H3. The summed E-state index contributed by atoms with van der Waals surface area (Å²) >= 11 is 6.25. The highest BCUT2D eigenvalue weighted by Crippen LogP contribution is 2.48. The van der Waals surface area contributed by atoms with Gasteiger partial charge in [-0.1, -0.05) is 95.1 Å². The monoisotopic (exact) mass is 474 g/mol. The van der Waals surface area contributed by atoms with E-state index in [0.717, 1.165) is 44.5 Å². The Balaban J connectivity index is 1.64. The van der Waals surface area contributed by atoms with Crippen LogP contribution in [0.4, 0.5) is 0 Å². The molecule has 1 aliphatic carbocycles. The molecule has 35 heavy (non-hydrogen) atoms. The molecule has 0 saturated carbocycles. The van der Waals surface area contributed by atoms with E-state index in [1.54, 1.807) is 0 Å². The van der Waals surface area contributed by atoms with Crippen LogP contribution in [0, 0.1) is 20.8 Å². The third kappa shape index (κ3) is 3.60.